The molecule has 1 aromatic heterocycles. The Labute approximate surface area is 226 Å². The van der Waals surface area contributed by atoms with Crippen LogP contribution in [0.4, 0.5) is 4.39 Å². The van der Waals surface area contributed by atoms with Gasteiger partial charge in [-0.25, -0.2) is 9.87 Å². The molecule has 0 aliphatic carbocycles. The summed E-state index contributed by atoms with van der Waals surface area (Å²) in [4.78, 5) is 20.2. The number of methoxy groups -OCH3 is 1. The van der Waals surface area contributed by atoms with Crippen molar-refractivity contribution in [2.24, 2.45) is 5.41 Å². The lowest BCUT2D eigenvalue weighted by Gasteiger charge is -2.40. The molecule has 1 aliphatic heterocycles. The Kier molecular flexibility index (Phi) is 9.65. The molecule has 2 heterocycles. The van der Waals surface area contributed by atoms with Crippen LogP contribution in [0.5, 0.6) is 5.75 Å². The van der Waals surface area contributed by atoms with Crippen molar-refractivity contribution < 1.29 is 19.1 Å². The van der Waals surface area contributed by atoms with Gasteiger partial charge in [0.1, 0.15) is 11.6 Å². The highest BCUT2D eigenvalue weighted by Gasteiger charge is 2.40. The van der Waals surface area contributed by atoms with Crippen molar-refractivity contribution in [1.82, 2.24) is 15.4 Å². The molecule has 0 atom stereocenters. The van der Waals surface area contributed by atoms with Crippen LogP contribution in [-0.4, -0.2) is 53.5 Å². The summed E-state index contributed by atoms with van der Waals surface area (Å²) in [5.41, 5.74) is 3.16. The maximum Gasteiger partial charge on any atom is 0.249 e. The van der Waals surface area contributed by atoms with E-state index in [0.717, 1.165) is 60.4 Å². The van der Waals surface area contributed by atoms with Crippen molar-refractivity contribution in [3.05, 3.63) is 65.1 Å². The summed E-state index contributed by atoms with van der Waals surface area (Å²) in [5.74, 6) is 1.10. The molecule has 9 heteroatoms. The zero-order valence-corrected chi connectivity index (χ0v) is 22.6. The Morgan fingerprint density at radius 2 is 2.03 bits per heavy atom. The minimum atomic E-state index is -0.611. The highest BCUT2D eigenvalue weighted by molar-refractivity contribution is 7.99. The minimum absolute atomic E-state index is 0.175. The van der Waals surface area contributed by atoms with Crippen LogP contribution in [0.15, 0.2) is 53.6 Å². The van der Waals surface area contributed by atoms with E-state index < -0.39 is 5.41 Å². The summed E-state index contributed by atoms with van der Waals surface area (Å²) in [6, 6.07) is 12.6. The number of benzene rings is 2. The number of hydrogen-bond donors (Lipinski definition) is 2. The summed E-state index contributed by atoms with van der Waals surface area (Å²) < 4.78 is 19.2. The lowest BCUT2D eigenvalue weighted by atomic mass is 9.73. The molecule has 0 unspecified atom stereocenters. The first-order chi connectivity index (χ1) is 18.0. The number of halogens is 2. The van der Waals surface area contributed by atoms with Gasteiger partial charge in [-0.2, -0.15) is 0 Å². The molecule has 1 fully saturated rings. The van der Waals surface area contributed by atoms with E-state index in [1.54, 1.807) is 25.4 Å². The summed E-state index contributed by atoms with van der Waals surface area (Å²) in [6.45, 7) is 2.47. The van der Waals surface area contributed by atoms with Crippen LogP contribution in [0, 0.1) is 11.2 Å². The lowest BCUT2D eigenvalue weighted by molar-refractivity contribution is -0.143. The zero-order chi connectivity index (χ0) is 26.3. The molecular weight excluding hydrogens is 513 g/mol. The predicted octanol–water partition coefficient (Wildman–Crippen LogP) is 6.13. The zero-order valence-electron chi connectivity index (χ0n) is 21.0. The SMILES string of the molecule is COc1ccc2ncc(Cl)c(CCCC3(C(=O)NO)CCN(CCCSc4ccccc4F)CC3)c2c1. The normalized spacial score (nSPS) is 15.6. The van der Waals surface area contributed by atoms with Gasteiger partial charge in [-0.3, -0.25) is 15.0 Å². The van der Waals surface area contributed by atoms with Crippen molar-refractivity contribution in [3.8, 4) is 5.75 Å². The van der Waals surface area contributed by atoms with Gasteiger partial charge in [0.2, 0.25) is 5.91 Å². The van der Waals surface area contributed by atoms with Crippen LogP contribution in [0.1, 0.15) is 37.7 Å². The highest BCUT2D eigenvalue weighted by atomic mass is 35.5. The van der Waals surface area contributed by atoms with E-state index in [2.05, 4.69) is 9.88 Å². The Bertz CT molecular complexity index is 1220. The number of rotatable bonds is 11. The summed E-state index contributed by atoms with van der Waals surface area (Å²) in [6.07, 6.45) is 6.07. The molecule has 4 rings (SSSR count). The van der Waals surface area contributed by atoms with Gasteiger partial charge < -0.3 is 9.64 Å². The molecule has 1 saturated heterocycles. The number of ether oxygens (including phenoxy) is 1. The average Bonchev–Trinajstić information content (AvgIpc) is 2.93. The molecule has 3 aromatic rings. The van der Waals surface area contributed by atoms with Crippen LogP contribution in [-0.2, 0) is 11.2 Å². The third kappa shape index (κ3) is 6.74. The number of hydrogen-bond acceptors (Lipinski definition) is 6. The van der Waals surface area contributed by atoms with E-state index in [0.29, 0.717) is 35.6 Å². The minimum Gasteiger partial charge on any atom is -0.497 e. The molecule has 0 spiro atoms. The molecule has 6 nitrogen and oxygen atoms in total. The second kappa shape index (κ2) is 12.9. The van der Waals surface area contributed by atoms with Crippen molar-refractivity contribution in [3.63, 3.8) is 0 Å². The molecule has 2 aromatic carbocycles. The van der Waals surface area contributed by atoms with Crippen molar-refractivity contribution in [2.45, 2.75) is 43.4 Å². The first kappa shape index (κ1) is 27.6. The van der Waals surface area contributed by atoms with E-state index in [1.807, 2.05) is 29.7 Å². The third-order valence-electron chi connectivity index (χ3n) is 7.33. The topological polar surface area (TPSA) is 74.7 Å². The van der Waals surface area contributed by atoms with Gasteiger partial charge in [0.05, 0.1) is 23.1 Å². The predicted molar refractivity (Wildman–Crippen MR) is 146 cm³/mol. The van der Waals surface area contributed by atoms with Crippen LogP contribution >= 0.6 is 23.4 Å². The standard InChI is InChI=1S/C28H33ClFN3O3S/c1-36-20-9-10-25-22(18-20)21(23(29)19-31-25)6-4-11-28(27(34)32-35)12-15-33(16-13-28)14-5-17-37-26-8-3-2-7-24(26)30/h2-3,7-10,18-19,35H,4-6,11-17H2,1H3,(H,32,34). The van der Waals surface area contributed by atoms with E-state index in [9.17, 15) is 14.4 Å². The van der Waals surface area contributed by atoms with Crippen LogP contribution in [0.25, 0.3) is 10.9 Å². The van der Waals surface area contributed by atoms with Gasteiger partial charge >= 0.3 is 0 Å². The molecule has 0 saturated carbocycles. The molecule has 1 amide bonds. The van der Waals surface area contributed by atoms with Crippen molar-refractivity contribution >= 4 is 40.2 Å². The summed E-state index contributed by atoms with van der Waals surface area (Å²) in [5, 5.41) is 11.0. The first-order valence-electron chi connectivity index (χ1n) is 12.6. The van der Waals surface area contributed by atoms with E-state index in [1.165, 1.54) is 17.8 Å². The van der Waals surface area contributed by atoms with Crippen LogP contribution < -0.4 is 10.2 Å². The second-order valence-electron chi connectivity index (χ2n) is 9.52. The van der Waals surface area contributed by atoms with E-state index in [-0.39, 0.29) is 11.7 Å². The van der Waals surface area contributed by atoms with Gasteiger partial charge in [-0.15, -0.1) is 11.8 Å². The fourth-order valence-corrected chi connectivity index (χ4v) is 6.25. The van der Waals surface area contributed by atoms with Crippen molar-refractivity contribution in [1.29, 1.82) is 0 Å². The maximum absolute atomic E-state index is 13.8. The highest BCUT2D eigenvalue weighted by Crippen LogP contribution is 2.38. The summed E-state index contributed by atoms with van der Waals surface area (Å²) in [7, 11) is 1.63. The van der Waals surface area contributed by atoms with E-state index in [4.69, 9.17) is 16.3 Å². The van der Waals surface area contributed by atoms with Gasteiger partial charge in [0.25, 0.3) is 0 Å². The van der Waals surface area contributed by atoms with Gasteiger partial charge in [0.15, 0.2) is 0 Å². The van der Waals surface area contributed by atoms with Crippen LogP contribution in [0.2, 0.25) is 5.02 Å². The van der Waals surface area contributed by atoms with E-state index >= 15 is 0 Å². The second-order valence-corrected chi connectivity index (χ2v) is 11.1. The quantitative estimate of drug-likeness (QED) is 0.131. The fraction of sp³-hybridized carbons (Fsp3) is 0.429. The fourth-order valence-electron chi connectivity index (χ4n) is 5.13. The number of fused-ring (bicyclic) bond motifs is 1. The molecule has 0 bridgehead atoms. The summed E-state index contributed by atoms with van der Waals surface area (Å²) >= 11 is 8.06. The van der Waals surface area contributed by atoms with Crippen LogP contribution in [0.3, 0.4) is 0 Å². The number of nitrogens with zero attached hydrogens (tertiary/aromatic N) is 2. The van der Waals surface area contributed by atoms with Crippen molar-refractivity contribution in [2.75, 3.05) is 32.5 Å². The number of piperidine rings is 1. The number of hydroxylamine groups is 1. The number of aromatic nitrogens is 1. The van der Waals surface area contributed by atoms with Gasteiger partial charge in [0, 0.05) is 16.5 Å². The number of amides is 1. The molecular formula is C28H33ClFN3O3S. The number of thioether (sulfide) groups is 1. The maximum atomic E-state index is 13.8. The molecule has 0 radical (unpaired) electrons. The number of pyridine rings is 1. The molecule has 2 N–H and O–H groups in total. The average molecular weight is 546 g/mol. The Balaban J connectivity index is 1.32. The monoisotopic (exact) mass is 545 g/mol. The molecule has 198 valence electrons. The van der Waals surface area contributed by atoms with Gasteiger partial charge in [-0.05, 0) is 99.8 Å². The first-order valence-corrected chi connectivity index (χ1v) is 14.0. The number of aryl methyl sites for hydroxylation is 1. The Morgan fingerprint density at radius 1 is 1.24 bits per heavy atom. The number of likely N-dealkylation sites (tertiary alicyclic amines) is 1. The number of carbonyl (C=O) groups excluding carboxylic acids is 1. The lowest BCUT2D eigenvalue weighted by Crippen LogP contribution is -2.48. The Hall–Kier alpha value is -2.39. The Morgan fingerprint density at radius 3 is 2.76 bits per heavy atom. The largest absolute Gasteiger partial charge is 0.497 e. The smallest absolute Gasteiger partial charge is 0.249 e. The van der Waals surface area contributed by atoms with Gasteiger partial charge in [-0.1, -0.05) is 23.7 Å². The number of carbonyl (C=O) groups is 1. The molecule has 1 aliphatic rings. The molecule has 37 heavy (non-hydrogen) atoms. The number of nitrogens with one attached hydrogen (secondary N) is 1. The third-order valence-corrected chi connectivity index (χ3v) is 8.79.